The number of rotatable bonds is 5. The van der Waals surface area contributed by atoms with Crippen molar-refractivity contribution in [2.24, 2.45) is 0 Å². The summed E-state index contributed by atoms with van der Waals surface area (Å²) in [6.07, 6.45) is 0.546. The SMILES string of the molecule is CC(C)(CCO)Nc1cc(C(=O)O)c2ccccc2n1. The molecule has 0 aliphatic heterocycles. The average molecular weight is 274 g/mol. The van der Waals surface area contributed by atoms with Gasteiger partial charge in [-0.3, -0.25) is 0 Å². The first-order valence-electron chi connectivity index (χ1n) is 6.45. The van der Waals surface area contributed by atoms with Crippen molar-refractivity contribution in [1.29, 1.82) is 0 Å². The molecule has 20 heavy (non-hydrogen) atoms. The van der Waals surface area contributed by atoms with Gasteiger partial charge in [0.15, 0.2) is 0 Å². The Labute approximate surface area is 117 Å². The number of nitrogens with one attached hydrogen (secondary N) is 1. The zero-order valence-electron chi connectivity index (χ0n) is 11.6. The molecule has 2 aromatic rings. The summed E-state index contributed by atoms with van der Waals surface area (Å²) in [5, 5.41) is 22.1. The van der Waals surface area contributed by atoms with Crippen LogP contribution in [-0.4, -0.2) is 33.3 Å². The number of anilines is 1. The van der Waals surface area contributed by atoms with E-state index < -0.39 is 5.97 Å². The first-order valence-corrected chi connectivity index (χ1v) is 6.45. The van der Waals surface area contributed by atoms with E-state index in [0.717, 1.165) is 0 Å². The Balaban J connectivity index is 2.48. The maximum Gasteiger partial charge on any atom is 0.336 e. The molecule has 1 aromatic heterocycles. The van der Waals surface area contributed by atoms with Crippen LogP contribution in [0.2, 0.25) is 0 Å². The van der Waals surface area contributed by atoms with Crippen molar-refractivity contribution in [2.45, 2.75) is 25.8 Å². The Kier molecular flexibility index (Phi) is 3.90. The van der Waals surface area contributed by atoms with E-state index in [1.165, 1.54) is 6.07 Å². The predicted molar refractivity (Wildman–Crippen MR) is 78.1 cm³/mol. The first-order chi connectivity index (χ1) is 9.43. The number of carbonyl (C=O) groups is 1. The number of carboxylic acids is 1. The topological polar surface area (TPSA) is 82.5 Å². The van der Waals surface area contributed by atoms with Crippen LogP contribution < -0.4 is 5.32 Å². The number of aromatic nitrogens is 1. The maximum absolute atomic E-state index is 11.4. The monoisotopic (exact) mass is 274 g/mol. The third kappa shape index (κ3) is 3.05. The van der Waals surface area contributed by atoms with Crippen molar-refractivity contribution < 1.29 is 15.0 Å². The molecule has 2 rings (SSSR count). The van der Waals surface area contributed by atoms with Crippen LogP contribution in [0, 0.1) is 0 Å². The summed E-state index contributed by atoms with van der Waals surface area (Å²) in [5.74, 6) is -0.480. The number of benzene rings is 1. The molecule has 106 valence electrons. The Hall–Kier alpha value is -2.14. The van der Waals surface area contributed by atoms with E-state index in [-0.39, 0.29) is 17.7 Å². The number of nitrogens with zero attached hydrogens (tertiary/aromatic N) is 1. The van der Waals surface area contributed by atoms with Gasteiger partial charge >= 0.3 is 5.97 Å². The zero-order valence-corrected chi connectivity index (χ0v) is 11.6. The molecular weight excluding hydrogens is 256 g/mol. The van der Waals surface area contributed by atoms with Crippen LogP contribution in [0.25, 0.3) is 10.9 Å². The quantitative estimate of drug-likeness (QED) is 0.780. The number of hydrogen-bond donors (Lipinski definition) is 3. The van der Waals surface area contributed by atoms with E-state index in [0.29, 0.717) is 23.1 Å². The van der Waals surface area contributed by atoms with Crippen LogP contribution in [0.1, 0.15) is 30.6 Å². The fourth-order valence-corrected chi connectivity index (χ4v) is 2.11. The Bertz CT molecular complexity index is 638. The molecule has 0 bridgehead atoms. The number of hydrogen-bond acceptors (Lipinski definition) is 4. The first kappa shape index (κ1) is 14.3. The smallest absolute Gasteiger partial charge is 0.336 e. The summed E-state index contributed by atoms with van der Waals surface area (Å²) in [4.78, 5) is 15.8. The normalized spacial score (nSPS) is 11.6. The molecule has 0 radical (unpaired) electrons. The van der Waals surface area contributed by atoms with E-state index in [4.69, 9.17) is 5.11 Å². The summed E-state index contributed by atoms with van der Waals surface area (Å²) < 4.78 is 0. The summed E-state index contributed by atoms with van der Waals surface area (Å²) in [5.41, 5.74) is 0.493. The number of pyridine rings is 1. The second kappa shape index (κ2) is 5.46. The van der Waals surface area contributed by atoms with Gasteiger partial charge in [-0.05, 0) is 32.4 Å². The maximum atomic E-state index is 11.4. The molecule has 0 saturated heterocycles. The summed E-state index contributed by atoms with van der Waals surface area (Å²) in [7, 11) is 0. The van der Waals surface area contributed by atoms with E-state index in [2.05, 4.69) is 10.3 Å². The van der Waals surface area contributed by atoms with E-state index >= 15 is 0 Å². The lowest BCUT2D eigenvalue weighted by molar-refractivity contribution is 0.0699. The van der Waals surface area contributed by atoms with Crippen LogP contribution in [0.5, 0.6) is 0 Å². The lowest BCUT2D eigenvalue weighted by Gasteiger charge is -2.26. The molecule has 0 spiro atoms. The molecule has 0 amide bonds. The highest BCUT2D eigenvalue weighted by molar-refractivity contribution is 6.03. The van der Waals surface area contributed by atoms with Gasteiger partial charge in [0.2, 0.25) is 0 Å². The molecular formula is C15H18N2O3. The predicted octanol–water partition coefficient (Wildman–Crippen LogP) is 2.51. The van der Waals surface area contributed by atoms with Crippen molar-refractivity contribution in [1.82, 2.24) is 4.98 Å². The standard InChI is InChI=1S/C15H18N2O3/c1-15(2,7-8-18)17-13-9-11(14(19)20)10-5-3-4-6-12(10)16-13/h3-6,9,18H,7-8H2,1-2H3,(H,16,17)(H,19,20). The van der Waals surface area contributed by atoms with Gasteiger partial charge in [0.05, 0.1) is 11.1 Å². The summed E-state index contributed by atoms with van der Waals surface area (Å²) >= 11 is 0. The molecule has 0 fully saturated rings. The highest BCUT2D eigenvalue weighted by Crippen LogP contribution is 2.23. The van der Waals surface area contributed by atoms with Gasteiger partial charge in [-0.2, -0.15) is 0 Å². The Morgan fingerprint density at radius 2 is 2.05 bits per heavy atom. The Morgan fingerprint density at radius 3 is 2.70 bits per heavy atom. The number of aliphatic hydroxyl groups excluding tert-OH is 1. The number of aliphatic hydroxyl groups is 1. The fraction of sp³-hybridized carbons (Fsp3) is 0.333. The van der Waals surface area contributed by atoms with Gasteiger partial charge < -0.3 is 15.5 Å². The summed E-state index contributed by atoms with van der Waals surface area (Å²) in [6, 6.07) is 8.67. The van der Waals surface area contributed by atoms with Gasteiger partial charge in [0.25, 0.3) is 0 Å². The van der Waals surface area contributed by atoms with Crippen LogP contribution in [0.4, 0.5) is 5.82 Å². The van der Waals surface area contributed by atoms with E-state index in [1.807, 2.05) is 19.9 Å². The third-order valence-electron chi connectivity index (χ3n) is 3.15. The number of aromatic carboxylic acids is 1. The van der Waals surface area contributed by atoms with Gasteiger partial charge in [0, 0.05) is 17.5 Å². The van der Waals surface area contributed by atoms with Gasteiger partial charge in [-0.15, -0.1) is 0 Å². The molecule has 1 heterocycles. The number of carboxylic acid groups (broad SMARTS) is 1. The number of para-hydroxylation sites is 1. The van der Waals surface area contributed by atoms with Gasteiger partial charge in [0.1, 0.15) is 5.82 Å². The van der Waals surface area contributed by atoms with E-state index in [1.54, 1.807) is 18.2 Å². The molecule has 0 saturated carbocycles. The molecule has 0 aliphatic rings. The zero-order chi connectivity index (χ0) is 14.8. The van der Waals surface area contributed by atoms with Crippen molar-refractivity contribution in [2.75, 3.05) is 11.9 Å². The lowest BCUT2D eigenvalue weighted by atomic mass is 10.0. The lowest BCUT2D eigenvalue weighted by Crippen LogP contribution is -2.32. The second-order valence-electron chi connectivity index (χ2n) is 5.36. The largest absolute Gasteiger partial charge is 0.478 e. The molecule has 0 aliphatic carbocycles. The molecule has 0 atom stereocenters. The van der Waals surface area contributed by atoms with Crippen LogP contribution in [-0.2, 0) is 0 Å². The fourth-order valence-electron chi connectivity index (χ4n) is 2.11. The minimum absolute atomic E-state index is 0.0549. The van der Waals surface area contributed by atoms with Crippen molar-refractivity contribution in [3.63, 3.8) is 0 Å². The van der Waals surface area contributed by atoms with Crippen molar-refractivity contribution in [3.05, 3.63) is 35.9 Å². The molecule has 5 heteroatoms. The highest BCUT2D eigenvalue weighted by atomic mass is 16.4. The van der Waals surface area contributed by atoms with Crippen LogP contribution in [0.3, 0.4) is 0 Å². The van der Waals surface area contributed by atoms with E-state index in [9.17, 15) is 9.90 Å². The van der Waals surface area contributed by atoms with Crippen LogP contribution >= 0.6 is 0 Å². The second-order valence-corrected chi connectivity index (χ2v) is 5.36. The highest BCUT2D eigenvalue weighted by Gasteiger charge is 2.19. The minimum Gasteiger partial charge on any atom is -0.478 e. The van der Waals surface area contributed by atoms with Crippen molar-refractivity contribution in [3.8, 4) is 0 Å². The van der Waals surface area contributed by atoms with Crippen LogP contribution in [0.15, 0.2) is 30.3 Å². The number of fused-ring (bicyclic) bond motifs is 1. The molecule has 5 nitrogen and oxygen atoms in total. The van der Waals surface area contributed by atoms with Gasteiger partial charge in [-0.25, -0.2) is 9.78 Å². The molecule has 1 aromatic carbocycles. The summed E-state index contributed by atoms with van der Waals surface area (Å²) in [6.45, 7) is 3.92. The van der Waals surface area contributed by atoms with Gasteiger partial charge in [-0.1, -0.05) is 18.2 Å². The Morgan fingerprint density at radius 1 is 1.35 bits per heavy atom. The average Bonchev–Trinajstić information content (AvgIpc) is 2.36. The third-order valence-corrected chi connectivity index (χ3v) is 3.15. The molecule has 0 unspecified atom stereocenters. The minimum atomic E-state index is -0.980. The molecule has 3 N–H and O–H groups in total. The van der Waals surface area contributed by atoms with Crippen molar-refractivity contribution >= 4 is 22.7 Å².